The summed E-state index contributed by atoms with van der Waals surface area (Å²) in [6, 6.07) is 26.1. The predicted octanol–water partition coefficient (Wildman–Crippen LogP) is 2.67. The van der Waals surface area contributed by atoms with Crippen LogP contribution in [-0.2, 0) is 11.2 Å². The molecule has 0 aliphatic heterocycles. The van der Waals surface area contributed by atoms with Crippen LogP contribution in [0.25, 0.3) is 17.3 Å². The minimum atomic E-state index is -0.568. The van der Waals surface area contributed by atoms with Gasteiger partial charge in [-0.15, -0.1) is 11.3 Å². The van der Waals surface area contributed by atoms with Gasteiger partial charge in [0.1, 0.15) is 10.7 Å². The number of carbonyl (C=O) groups is 1. The summed E-state index contributed by atoms with van der Waals surface area (Å²) in [5.74, 6) is -0.568. The molecule has 4 rings (SSSR count). The molecule has 4 aromatic rings. The molecule has 0 bridgehead atoms. The fraction of sp³-hybridized carbons (Fsp3) is 0.0741. The van der Waals surface area contributed by atoms with Crippen LogP contribution in [0.15, 0.2) is 89.7 Å². The number of carbonyl (C=O) groups excluding carboxylic acids is 1. The number of thiazole rings is 1. The zero-order valence-corrected chi connectivity index (χ0v) is 19.8. The second kappa shape index (κ2) is 11.1. The number of non-ortho nitro benzene ring substituents is 1. The molecule has 1 amide bonds. The molecule has 0 unspecified atom stereocenters. The first kappa shape index (κ1) is 24.3. The molecule has 0 saturated heterocycles. The molecule has 0 radical (unpaired) electrons. The molecule has 178 valence electrons. The van der Waals surface area contributed by atoms with E-state index >= 15 is 0 Å². The highest BCUT2D eigenvalue weighted by Crippen LogP contribution is 2.12. The quantitative estimate of drug-likeness (QED) is 0.312. The number of nitro groups is 1. The third kappa shape index (κ3) is 5.46. The van der Waals surface area contributed by atoms with E-state index in [9.17, 15) is 25.0 Å². The van der Waals surface area contributed by atoms with Gasteiger partial charge in [-0.1, -0.05) is 48.5 Å². The third-order valence-corrected chi connectivity index (χ3v) is 6.43. The van der Waals surface area contributed by atoms with Crippen LogP contribution in [0.1, 0.15) is 11.1 Å². The van der Waals surface area contributed by atoms with Crippen molar-refractivity contribution in [3.63, 3.8) is 0 Å². The van der Waals surface area contributed by atoms with E-state index in [1.807, 2.05) is 36.4 Å². The van der Waals surface area contributed by atoms with Crippen molar-refractivity contribution >= 4 is 34.6 Å². The van der Waals surface area contributed by atoms with Gasteiger partial charge < -0.3 is 5.32 Å². The molecule has 0 aliphatic rings. The number of nitrogens with one attached hydrogen (secondary N) is 1. The molecule has 9 heteroatoms. The van der Waals surface area contributed by atoms with Gasteiger partial charge in [-0.25, -0.2) is 0 Å². The Bertz CT molecular complexity index is 1620. The molecule has 1 heterocycles. The third-order valence-electron chi connectivity index (χ3n) is 5.33. The molecular weight excluding hydrogens is 476 g/mol. The van der Waals surface area contributed by atoms with Crippen molar-refractivity contribution in [1.82, 2.24) is 9.88 Å². The van der Waals surface area contributed by atoms with Crippen molar-refractivity contribution in [2.24, 2.45) is 0 Å². The van der Waals surface area contributed by atoms with Gasteiger partial charge in [0, 0.05) is 18.7 Å². The van der Waals surface area contributed by atoms with Gasteiger partial charge in [0.25, 0.3) is 17.2 Å². The summed E-state index contributed by atoms with van der Waals surface area (Å²) in [4.78, 5) is 36.8. The number of rotatable bonds is 7. The number of nitrogens with zero attached hydrogens (tertiary/aromatic N) is 3. The van der Waals surface area contributed by atoms with Crippen LogP contribution in [0.4, 0.5) is 5.69 Å². The summed E-state index contributed by atoms with van der Waals surface area (Å²) in [5, 5.41) is 23.6. The van der Waals surface area contributed by atoms with Crippen LogP contribution < -0.4 is 20.1 Å². The minimum Gasteiger partial charge on any atom is -0.351 e. The van der Waals surface area contributed by atoms with Crippen molar-refractivity contribution in [3.8, 4) is 11.8 Å². The van der Waals surface area contributed by atoms with Crippen molar-refractivity contribution in [2.45, 2.75) is 6.42 Å². The maximum Gasteiger partial charge on any atom is 0.273 e. The van der Waals surface area contributed by atoms with Crippen LogP contribution in [-0.4, -0.2) is 21.9 Å². The second-order valence-electron chi connectivity index (χ2n) is 7.72. The highest BCUT2D eigenvalue weighted by atomic mass is 32.1. The minimum absolute atomic E-state index is 0.0620. The van der Waals surface area contributed by atoms with E-state index in [0.29, 0.717) is 24.2 Å². The van der Waals surface area contributed by atoms with E-state index in [-0.39, 0.29) is 20.5 Å². The Morgan fingerprint density at radius 1 is 1.03 bits per heavy atom. The van der Waals surface area contributed by atoms with E-state index < -0.39 is 16.4 Å². The Morgan fingerprint density at radius 2 is 1.67 bits per heavy atom. The van der Waals surface area contributed by atoms with Gasteiger partial charge in [0.05, 0.1) is 15.1 Å². The Kier molecular flexibility index (Phi) is 7.48. The van der Waals surface area contributed by atoms with Crippen LogP contribution >= 0.6 is 11.3 Å². The molecule has 0 fully saturated rings. The zero-order chi connectivity index (χ0) is 25.5. The van der Waals surface area contributed by atoms with E-state index in [4.69, 9.17) is 0 Å². The van der Waals surface area contributed by atoms with Gasteiger partial charge in [0.15, 0.2) is 5.57 Å². The summed E-state index contributed by atoms with van der Waals surface area (Å²) in [6.45, 7) is 0.330. The van der Waals surface area contributed by atoms with E-state index in [0.717, 1.165) is 16.9 Å². The molecule has 1 N–H and O–H groups in total. The lowest BCUT2D eigenvalue weighted by Crippen LogP contribution is -2.34. The molecule has 8 nitrogen and oxygen atoms in total. The van der Waals surface area contributed by atoms with E-state index in [1.165, 1.54) is 28.8 Å². The summed E-state index contributed by atoms with van der Waals surface area (Å²) >= 11 is 1.02. The summed E-state index contributed by atoms with van der Waals surface area (Å²) in [7, 11) is 0. The zero-order valence-electron chi connectivity index (χ0n) is 19.0. The lowest BCUT2D eigenvalue weighted by molar-refractivity contribution is -0.384. The Morgan fingerprint density at radius 3 is 2.28 bits per heavy atom. The maximum absolute atomic E-state index is 13.4. The summed E-state index contributed by atoms with van der Waals surface area (Å²) in [6.07, 6.45) is 2.18. The number of hydrogen-bond donors (Lipinski definition) is 1. The van der Waals surface area contributed by atoms with E-state index in [2.05, 4.69) is 5.32 Å². The number of para-hydroxylation sites is 1. The lowest BCUT2D eigenvalue weighted by atomic mass is 10.1. The average Bonchev–Trinajstić information content (AvgIpc) is 3.21. The lowest BCUT2D eigenvalue weighted by Gasteiger charge is -2.06. The van der Waals surface area contributed by atoms with Crippen molar-refractivity contribution in [2.75, 3.05) is 6.54 Å². The molecule has 3 aromatic carbocycles. The standard InChI is InChI=1S/C27H20N4O4S/c28-18-23(25(32)29-16-15-19-7-3-1-4-8-19)27-30(21-9-5-2-6-10-21)26(33)24(36-27)17-20-11-13-22(14-12-20)31(34)35/h1-14,17H,15-16H2,(H,29,32)/b24-17+,27-23-. The number of amides is 1. The molecular formula is C27H20N4O4S. The average molecular weight is 497 g/mol. The molecule has 0 saturated carbocycles. The van der Waals surface area contributed by atoms with Crippen LogP contribution in [0.3, 0.4) is 0 Å². The number of benzene rings is 3. The first-order valence-corrected chi connectivity index (χ1v) is 11.8. The largest absolute Gasteiger partial charge is 0.351 e. The van der Waals surface area contributed by atoms with Gasteiger partial charge in [0.2, 0.25) is 0 Å². The monoisotopic (exact) mass is 496 g/mol. The van der Waals surface area contributed by atoms with Crippen LogP contribution in [0, 0.1) is 21.4 Å². The van der Waals surface area contributed by atoms with Gasteiger partial charge in [-0.2, -0.15) is 5.26 Å². The molecule has 0 spiro atoms. The smallest absolute Gasteiger partial charge is 0.273 e. The van der Waals surface area contributed by atoms with Crippen molar-refractivity contribution in [3.05, 3.63) is 126 Å². The van der Waals surface area contributed by atoms with Crippen LogP contribution in [0.5, 0.6) is 0 Å². The first-order valence-electron chi connectivity index (χ1n) is 11.0. The number of nitriles is 1. The second-order valence-corrected chi connectivity index (χ2v) is 8.75. The topological polar surface area (TPSA) is 118 Å². The van der Waals surface area contributed by atoms with Crippen molar-refractivity contribution in [1.29, 1.82) is 5.26 Å². The van der Waals surface area contributed by atoms with E-state index in [1.54, 1.807) is 36.4 Å². The Labute approximate surface area is 209 Å². The van der Waals surface area contributed by atoms with Gasteiger partial charge in [-0.05, 0) is 47.9 Å². The molecule has 0 aliphatic carbocycles. The molecule has 1 aromatic heterocycles. The normalized spacial score (nSPS) is 12.0. The molecule has 36 heavy (non-hydrogen) atoms. The fourth-order valence-electron chi connectivity index (χ4n) is 3.55. The number of nitro benzene ring substituents is 1. The Balaban J connectivity index is 1.78. The number of aromatic nitrogens is 1. The summed E-state index contributed by atoms with van der Waals surface area (Å²) in [5.41, 5.74) is 1.52. The molecule has 0 atom stereocenters. The Hall–Kier alpha value is -4.81. The SMILES string of the molecule is N#C/C(C(=O)NCCc1ccccc1)=c1/s/c(=C/c2ccc([N+](=O)[O-])cc2)c(=O)n1-c1ccccc1. The highest BCUT2D eigenvalue weighted by Gasteiger charge is 2.17. The van der Waals surface area contributed by atoms with Crippen LogP contribution in [0.2, 0.25) is 0 Å². The maximum atomic E-state index is 13.4. The first-order chi connectivity index (χ1) is 17.5. The predicted molar refractivity (Wildman–Crippen MR) is 138 cm³/mol. The van der Waals surface area contributed by atoms with Crippen molar-refractivity contribution < 1.29 is 9.72 Å². The van der Waals surface area contributed by atoms with Gasteiger partial charge in [-0.3, -0.25) is 24.3 Å². The summed E-state index contributed by atoms with van der Waals surface area (Å²) < 4.78 is 1.84. The fourth-order valence-corrected chi connectivity index (χ4v) is 4.66. The highest BCUT2D eigenvalue weighted by molar-refractivity contribution is 7.07. The number of hydrogen-bond acceptors (Lipinski definition) is 6. The van der Waals surface area contributed by atoms with Gasteiger partial charge >= 0.3 is 0 Å².